The van der Waals surface area contributed by atoms with Crippen LogP contribution in [0.3, 0.4) is 0 Å². The molecular weight excluding hydrogens is 362 g/mol. The molecule has 1 aromatic rings. The van der Waals surface area contributed by atoms with Crippen molar-refractivity contribution >= 4 is 33.8 Å². The fourth-order valence-corrected chi connectivity index (χ4v) is 2.81. The van der Waals surface area contributed by atoms with Gasteiger partial charge in [0.2, 0.25) is 5.95 Å². The first-order chi connectivity index (χ1) is 10.7. The van der Waals surface area contributed by atoms with E-state index in [1.165, 1.54) is 0 Å². The number of nitrogens with zero attached hydrogens (tertiary/aromatic N) is 4. The monoisotopic (exact) mass is 385 g/mol. The third kappa shape index (κ3) is 4.46. The molecule has 0 unspecified atom stereocenters. The fraction of sp³-hybridized carbons (Fsp3) is 0.667. The summed E-state index contributed by atoms with van der Waals surface area (Å²) in [5.41, 5.74) is -0.482. The van der Waals surface area contributed by atoms with Crippen molar-refractivity contribution in [3.8, 4) is 0 Å². The second-order valence-electron chi connectivity index (χ2n) is 6.59. The lowest BCUT2D eigenvalue weighted by Crippen LogP contribution is -2.55. The second kappa shape index (κ2) is 6.90. The highest BCUT2D eigenvalue weighted by atomic mass is 79.9. The maximum absolute atomic E-state index is 12.3. The average Bonchev–Trinajstić information content (AvgIpc) is 2.45. The number of rotatable bonds is 2. The van der Waals surface area contributed by atoms with Crippen molar-refractivity contribution in [2.45, 2.75) is 39.3 Å². The largest absolute Gasteiger partial charge is 0.444 e. The van der Waals surface area contributed by atoms with Crippen LogP contribution in [0.5, 0.6) is 0 Å². The minimum Gasteiger partial charge on any atom is -0.444 e. The number of amides is 1. The van der Waals surface area contributed by atoms with Crippen LogP contribution >= 0.6 is 15.9 Å². The van der Waals surface area contributed by atoms with Gasteiger partial charge in [-0.1, -0.05) is 0 Å². The third-order valence-corrected chi connectivity index (χ3v) is 4.09. The third-order valence-electron chi connectivity index (χ3n) is 3.51. The number of carbonyl (C=O) groups excluding carboxylic acids is 1. The number of anilines is 2. The standard InChI is InChI=1S/C15H24BrN5O2/c1-10-9-20(13-18-8-11(16)12(17-5)19-13)6-7-21(10)14(22)23-15(2,3)4/h8,10H,6-7,9H2,1-5H3,(H,17,18,19)/t10-/m1/s1. The number of piperazine rings is 1. The Kier molecular flexibility index (Phi) is 5.33. The van der Waals surface area contributed by atoms with E-state index in [1.54, 1.807) is 11.1 Å². The second-order valence-corrected chi connectivity index (χ2v) is 7.44. The van der Waals surface area contributed by atoms with Gasteiger partial charge in [-0.25, -0.2) is 9.78 Å². The van der Waals surface area contributed by atoms with E-state index in [0.29, 0.717) is 25.6 Å². The average molecular weight is 386 g/mol. The summed E-state index contributed by atoms with van der Waals surface area (Å²) in [6.45, 7) is 9.57. The van der Waals surface area contributed by atoms with E-state index < -0.39 is 5.60 Å². The number of carbonyl (C=O) groups is 1. The zero-order valence-electron chi connectivity index (χ0n) is 14.3. The van der Waals surface area contributed by atoms with Crippen molar-refractivity contribution in [1.29, 1.82) is 0 Å². The Morgan fingerprint density at radius 1 is 1.43 bits per heavy atom. The first kappa shape index (κ1) is 17.8. The van der Waals surface area contributed by atoms with Gasteiger partial charge in [0.05, 0.1) is 4.47 Å². The molecule has 1 aliphatic heterocycles. The van der Waals surface area contributed by atoms with Gasteiger partial charge >= 0.3 is 6.09 Å². The smallest absolute Gasteiger partial charge is 0.410 e. The summed E-state index contributed by atoms with van der Waals surface area (Å²) in [5, 5.41) is 3.03. The van der Waals surface area contributed by atoms with Crippen molar-refractivity contribution in [3.05, 3.63) is 10.7 Å². The lowest BCUT2D eigenvalue weighted by atomic mass is 10.2. The minimum atomic E-state index is -0.482. The Labute approximate surface area is 145 Å². The first-order valence-corrected chi connectivity index (χ1v) is 8.45. The number of nitrogens with one attached hydrogen (secondary N) is 1. The molecule has 2 heterocycles. The van der Waals surface area contributed by atoms with Crippen molar-refractivity contribution in [2.24, 2.45) is 0 Å². The molecule has 128 valence electrons. The molecule has 0 bridgehead atoms. The lowest BCUT2D eigenvalue weighted by Gasteiger charge is -2.40. The number of aromatic nitrogens is 2. The summed E-state index contributed by atoms with van der Waals surface area (Å²) in [4.78, 5) is 25.0. The molecule has 1 amide bonds. The molecule has 7 nitrogen and oxygen atoms in total. The zero-order valence-corrected chi connectivity index (χ0v) is 15.8. The summed E-state index contributed by atoms with van der Waals surface area (Å²) < 4.78 is 6.29. The van der Waals surface area contributed by atoms with Crippen LogP contribution in [0.2, 0.25) is 0 Å². The van der Waals surface area contributed by atoms with E-state index >= 15 is 0 Å². The van der Waals surface area contributed by atoms with Crippen LogP contribution in [0.1, 0.15) is 27.7 Å². The van der Waals surface area contributed by atoms with Crippen LogP contribution in [0.15, 0.2) is 10.7 Å². The van der Waals surface area contributed by atoms with Crippen LogP contribution in [-0.2, 0) is 4.74 Å². The van der Waals surface area contributed by atoms with Crippen molar-refractivity contribution in [1.82, 2.24) is 14.9 Å². The van der Waals surface area contributed by atoms with E-state index in [1.807, 2.05) is 34.7 Å². The van der Waals surface area contributed by atoms with Gasteiger partial charge in [0.25, 0.3) is 0 Å². The highest BCUT2D eigenvalue weighted by Crippen LogP contribution is 2.23. The fourth-order valence-electron chi connectivity index (χ4n) is 2.42. The van der Waals surface area contributed by atoms with Gasteiger partial charge in [-0.15, -0.1) is 0 Å². The highest BCUT2D eigenvalue weighted by Gasteiger charge is 2.31. The summed E-state index contributed by atoms with van der Waals surface area (Å²) in [6, 6.07) is 0.0314. The molecule has 0 aliphatic carbocycles. The van der Waals surface area contributed by atoms with Crippen LogP contribution < -0.4 is 10.2 Å². The van der Waals surface area contributed by atoms with Crippen LogP contribution in [-0.4, -0.2) is 59.3 Å². The van der Waals surface area contributed by atoms with Gasteiger partial charge in [-0.2, -0.15) is 4.98 Å². The van der Waals surface area contributed by atoms with Gasteiger partial charge < -0.3 is 19.9 Å². The van der Waals surface area contributed by atoms with Gasteiger partial charge in [0.15, 0.2) is 0 Å². The molecule has 1 aliphatic rings. The summed E-state index contributed by atoms with van der Waals surface area (Å²) >= 11 is 3.41. The van der Waals surface area contributed by atoms with Crippen LogP contribution in [0, 0.1) is 0 Å². The Balaban J connectivity index is 2.05. The van der Waals surface area contributed by atoms with E-state index in [9.17, 15) is 4.79 Å². The SMILES string of the molecule is CNc1nc(N2CCN(C(=O)OC(C)(C)C)[C@H](C)C2)ncc1Br. The molecule has 1 saturated heterocycles. The molecular formula is C15H24BrN5O2. The number of halogens is 1. The normalized spacial score (nSPS) is 18.8. The van der Waals surface area contributed by atoms with Gasteiger partial charge in [0.1, 0.15) is 11.4 Å². The topological polar surface area (TPSA) is 70.6 Å². The lowest BCUT2D eigenvalue weighted by molar-refractivity contribution is 0.0158. The van der Waals surface area contributed by atoms with E-state index in [-0.39, 0.29) is 12.1 Å². The number of hydrogen-bond donors (Lipinski definition) is 1. The Hall–Kier alpha value is -1.57. The van der Waals surface area contributed by atoms with E-state index in [0.717, 1.165) is 10.3 Å². The first-order valence-electron chi connectivity index (χ1n) is 7.66. The molecule has 1 N–H and O–H groups in total. The van der Waals surface area contributed by atoms with Gasteiger partial charge in [-0.05, 0) is 43.6 Å². The van der Waals surface area contributed by atoms with Crippen molar-refractivity contribution < 1.29 is 9.53 Å². The zero-order chi connectivity index (χ0) is 17.2. The molecule has 0 saturated carbocycles. The maximum atomic E-state index is 12.3. The van der Waals surface area contributed by atoms with Gasteiger partial charge in [-0.3, -0.25) is 0 Å². The van der Waals surface area contributed by atoms with Crippen molar-refractivity contribution in [2.75, 3.05) is 36.9 Å². The Bertz CT molecular complexity index is 575. The molecule has 23 heavy (non-hydrogen) atoms. The number of ether oxygens (including phenoxy) is 1. The van der Waals surface area contributed by atoms with Crippen LogP contribution in [0.25, 0.3) is 0 Å². The molecule has 1 aromatic heterocycles. The van der Waals surface area contributed by atoms with Crippen LogP contribution in [0.4, 0.5) is 16.6 Å². The predicted molar refractivity (Wildman–Crippen MR) is 93.9 cm³/mol. The quantitative estimate of drug-likeness (QED) is 0.843. The minimum absolute atomic E-state index is 0.0314. The summed E-state index contributed by atoms with van der Waals surface area (Å²) in [5.74, 6) is 1.41. The molecule has 1 fully saturated rings. The molecule has 2 rings (SSSR count). The summed E-state index contributed by atoms with van der Waals surface area (Å²) in [7, 11) is 1.82. The van der Waals surface area contributed by atoms with Gasteiger partial charge in [0, 0.05) is 38.9 Å². The summed E-state index contributed by atoms with van der Waals surface area (Å²) in [6.07, 6.45) is 1.47. The predicted octanol–water partition coefficient (Wildman–Crippen LogP) is 2.73. The van der Waals surface area contributed by atoms with E-state index in [4.69, 9.17) is 4.74 Å². The Morgan fingerprint density at radius 2 is 2.13 bits per heavy atom. The highest BCUT2D eigenvalue weighted by molar-refractivity contribution is 9.10. The van der Waals surface area contributed by atoms with Crippen molar-refractivity contribution in [3.63, 3.8) is 0 Å². The molecule has 1 atom stereocenters. The maximum Gasteiger partial charge on any atom is 0.410 e. The molecule has 0 radical (unpaired) electrons. The molecule has 0 aromatic carbocycles. The molecule has 8 heteroatoms. The Morgan fingerprint density at radius 3 is 2.70 bits per heavy atom. The molecule has 0 spiro atoms. The van der Waals surface area contributed by atoms with E-state index in [2.05, 4.69) is 36.1 Å². The number of hydrogen-bond acceptors (Lipinski definition) is 6.